The van der Waals surface area contributed by atoms with Crippen LogP contribution in [0.1, 0.15) is 30.4 Å². The van der Waals surface area contributed by atoms with Crippen LogP contribution in [-0.4, -0.2) is 51.2 Å². The van der Waals surface area contributed by atoms with Gasteiger partial charge in [-0.1, -0.05) is 11.6 Å². The quantitative estimate of drug-likeness (QED) is 0.585. The molecular formula is C29H30N2O6. The van der Waals surface area contributed by atoms with Gasteiger partial charge >= 0.3 is 0 Å². The summed E-state index contributed by atoms with van der Waals surface area (Å²) in [6.45, 7) is 2.96. The van der Waals surface area contributed by atoms with Gasteiger partial charge in [0.05, 0.1) is 46.4 Å². The number of carbonyl (C=O) groups excluding carboxylic acids is 1. The maximum atomic E-state index is 13.0. The number of amides is 1. The topological polar surface area (TPSA) is 88.1 Å². The van der Waals surface area contributed by atoms with E-state index in [1.807, 2.05) is 36.4 Å². The van der Waals surface area contributed by atoms with Gasteiger partial charge in [0.15, 0.2) is 11.5 Å². The Balaban J connectivity index is 1.52. The number of pyridine rings is 1. The Bertz CT molecular complexity index is 1290. The molecule has 2 aliphatic carbocycles. The van der Waals surface area contributed by atoms with Gasteiger partial charge in [-0.3, -0.25) is 9.78 Å². The van der Waals surface area contributed by atoms with Gasteiger partial charge in [0.2, 0.25) is 5.91 Å². The highest BCUT2D eigenvalue weighted by molar-refractivity contribution is 5.94. The van der Waals surface area contributed by atoms with Crippen LogP contribution in [-0.2, 0) is 23.7 Å². The maximum Gasteiger partial charge on any atom is 0.288 e. The van der Waals surface area contributed by atoms with Gasteiger partial charge in [0.25, 0.3) is 5.79 Å². The number of fused-ring (bicyclic) bond motifs is 1. The van der Waals surface area contributed by atoms with Gasteiger partial charge in [-0.2, -0.15) is 0 Å². The molecule has 1 aliphatic heterocycles. The van der Waals surface area contributed by atoms with E-state index < -0.39 is 5.79 Å². The van der Waals surface area contributed by atoms with Gasteiger partial charge < -0.3 is 29.0 Å². The molecule has 1 aromatic heterocycles. The third-order valence-electron chi connectivity index (χ3n) is 6.90. The molecule has 1 aromatic carbocycles. The zero-order valence-electron chi connectivity index (χ0n) is 21.4. The van der Waals surface area contributed by atoms with Crippen LogP contribution < -0.4 is 10.1 Å². The van der Waals surface area contributed by atoms with Crippen LogP contribution in [0, 0.1) is 0 Å². The number of nitrogens with zero attached hydrogens (tertiary/aromatic N) is 1. The molecule has 1 spiro atoms. The fourth-order valence-electron chi connectivity index (χ4n) is 5.11. The third kappa shape index (κ3) is 4.54. The summed E-state index contributed by atoms with van der Waals surface area (Å²) in [5, 5.41) is 2.95. The van der Waals surface area contributed by atoms with Crippen molar-refractivity contribution in [3.8, 4) is 5.75 Å². The molecule has 0 radical (unpaired) electrons. The highest BCUT2D eigenvalue weighted by atomic mass is 16.8. The molecule has 8 heteroatoms. The van der Waals surface area contributed by atoms with E-state index in [0.29, 0.717) is 30.4 Å². The highest BCUT2D eigenvalue weighted by Crippen LogP contribution is 2.47. The van der Waals surface area contributed by atoms with E-state index in [1.165, 1.54) is 0 Å². The van der Waals surface area contributed by atoms with Crippen molar-refractivity contribution in [2.45, 2.75) is 25.0 Å². The summed E-state index contributed by atoms with van der Waals surface area (Å²) in [5.41, 5.74) is 5.77. The predicted octanol–water partition coefficient (Wildman–Crippen LogP) is 4.73. The zero-order chi connectivity index (χ0) is 26.0. The number of benzene rings is 1. The van der Waals surface area contributed by atoms with Crippen LogP contribution >= 0.6 is 0 Å². The lowest BCUT2D eigenvalue weighted by Crippen LogP contribution is -2.38. The van der Waals surface area contributed by atoms with E-state index in [1.54, 1.807) is 39.8 Å². The van der Waals surface area contributed by atoms with Crippen molar-refractivity contribution in [1.29, 1.82) is 0 Å². The molecule has 1 unspecified atom stereocenters. The number of nitrogens with one attached hydrogen (secondary N) is 1. The first-order valence-electron chi connectivity index (χ1n) is 12.1. The fourth-order valence-corrected chi connectivity index (χ4v) is 5.11. The minimum absolute atomic E-state index is 0.0849. The number of aromatic nitrogens is 1. The van der Waals surface area contributed by atoms with Gasteiger partial charge in [-0.05, 0) is 71.7 Å². The molecule has 1 amide bonds. The summed E-state index contributed by atoms with van der Waals surface area (Å²) in [6, 6.07) is 9.60. The van der Waals surface area contributed by atoms with E-state index in [9.17, 15) is 4.79 Å². The van der Waals surface area contributed by atoms with Crippen molar-refractivity contribution < 1.29 is 28.5 Å². The van der Waals surface area contributed by atoms with Gasteiger partial charge in [-0.15, -0.1) is 0 Å². The first kappa shape index (κ1) is 24.8. The lowest BCUT2D eigenvalue weighted by atomic mass is 9.92. The summed E-state index contributed by atoms with van der Waals surface area (Å²) in [7, 11) is 4.82. The Morgan fingerprint density at radius 3 is 2.46 bits per heavy atom. The Kier molecular flexibility index (Phi) is 6.86. The second kappa shape index (κ2) is 10.2. The lowest BCUT2D eigenvalue weighted by molar-refractivity contribution is -0.150. The second-order valence-corrected chi connectivity index (χ2v) is 8.98. The van der Waals surface area contributed by atoms with Crippen molar-refractivity contribution in [3.63, 3.8) is 0 Å². The molecule has 8 nitrogen and oxygen atoms in total. The molecule has 1 atom stereocenters. The molecule has 0 bridgehead atoms. The summed E-state index contributed by atoms with van der Waals surface area (Å²) >= 11 is 0. The number of anilines is 1. The first-order chi connectivity index (χ1) is 18.0. The molecule has 3 aliphatic rings. The van der Waals surface area contributed by atoms with E-state index in [2.05, 4.69) is 23.3 Å². The van der Waals surface area contributed by atoms with E-state index in [4.69, 9.17) is 23.7 Å². The summed E-state index contributed by atoms with van der Waals surface area (Å²) in [4.78, 5) is 17.1. The van der Waals surface area contributed by atoms with Gasteiger partial charge in [0.1, 0.15) is 5.75 Å². The van der Waals surface area contributed by atoms with Crippen LogP contribution in [0.5, 0.6) is 5.75 Å². The van der Waals surface area contributed by atoms with Crippen LogP contribution in [0.3, 0.4) is 0 Å². The van der Waals surface area contributed by atoms with Crippen molar-refractivity contribution in [2.24, 2.45) is 0 Å². The van der Waals surface area contributed by atoms with Gasteiger partial charge in [-0.25, -0.2) is 0 Å². The van der Waals surface area contributed by atoms with E-state index >= 15 is 0 Å². The molecule has 2 heterocycles. The summed E-state index contributed by atoms with van der Waals surface area (Å²) in [5.74, 6) is 0.442. The average Bonchev–Trinajstić information content (AvgIpc) is 3.49. The highest BCUT2D eigenvalue weighted by Gasteiger charge is 2.49. The first-order valence-corrected chi connectivity index (χ1v) is 12.1. The second-order valence-electron chi connectivity index (χ2n) is 8.98. The molecule has 1 N–H and O–H groups in total. The van der Waals surface area contributed by atoms with Crippen molar-refractivity contribution >= 4 is 17.2 Å². The number of hydrogen-bond acceptors (Lipinski definition) is 7. The van der Waals surface area contributed by atoms with Crippen molar-refractivity contribution in [3.05, 3.63) is 94.7 Å². The van der Waals surface area contributed by atoms with E-state index in [-0.39, 0.29) is 18.2 Å². The standard InChI is InChI=1S/C29H30N2O6/c1-18-23(12-19-13-26(34-3)29(27(14-19)35-4)36-10-11-37-29)22-8-7-21(33-2)15-25(22)24(18)16-28(32)31-20-6-5-9-30-17-20/h5-9,12-15,17,24H,10-11,16H2,1-4H3,(H,31,32). The van der Waals surface area contributed by atoms with E-state index in [0.717, 1.165) is 33.6 Å². The largest absolute Gasteiger partial charge is 0.497 e. The number of rotatable bonds is 7. The smallest absolute Gasteiger partial charge is 0.288 e. The molecule has 192 valence electrons. The zero-order valence-corrected chi connectivity index (χ0v) is 21.4. The molecule has 37 heavy (non-hydrogen) atoms. The summed E-state index contributed by atoms with van der Waals surface area (Å²) in [6.07, 6.45) is 9.48. The van der Waals surface area contributed by atoms with Gasteiger partial charge in [0, 0.05) is 18.5 Å². The van der Waals surface area contributed by atoms with Crippen molar-refractivity contribution in [1.82, 2.24) is 4.98 Å². The number of carbonyl (C=O) groups is 1. The molecule has 1 fully saturated rings. The Hall–Kier alpha value is -3.88. The minimum atomic E-state index is -1.15. The Labute approximate surface area is 216 Å². The monoisotopic (exact) mass is 502 g/mol. The average molecular weight is 503 g/mol. The molecule has 2 aromatic rings. The maximum absolute atomic E-state index is 13.0. The predicted molar refractivity (Wildman–Crippen MR) is 139 cm³/mol. The number of methoxy groups -OCH3 is 3. The number of hydrogen-bond donors (Lipinski definition) is 1. The molecular weight excluding hydrogens is 472 g/mol. The molecule has 0 saturated carbocycles. The Morgan fingerprint density at radius 1 is 1.11 bits per heavy atom. The number of ether oxygens (including phenoxy) is 5. The normalized spacial score (nSPS) is 19.8. The fraction of sp³-hybridized carbons (Fsp3) is 0.310. The van der Waals surface area contributed by atoms with Crippen molar-refractivity contribution in [2.75, 3.05) is 39.9 Å². The molecule has 1 saturated heterocycles. The van der Waals surface area contributed by atoms with Crippen LogP contribution in [0.25, 0.3) is 5.57 Å². The minimum Gasteiger partial charge on any atom is -0.497 e. The summed E-state index contributed by atoms with van der Waals surface area (Å²) < 4.78 is 28.7. The van der Waals surface area contributed by atoms with Crippen LogP contribution in [0.15, 0.2) is 83.6 Å². The Morgan fingerprint density at radius 2 is 1.84 bits per heavy atom. The van der Waals surface area contributed by atoms with Crippen LogP contribution in [0.2, 0.25) is 0 Å². The number of allylic oxidation sites excluding steroid dienone is 6. The molecule has 5 rings (SSSR count). The lowest BCUT2D eigenvalue weighted by Gasteiger charge is -2.32. The SMILES string of the molecule is COC1=CC(=CC2=C(C)C(CC(=O)Nc3cccnc3)c3cc(OC)ccc32)C=C(OC)C12OCCO2. The van der Waals surface area contributed by atoms with Crippen LogP contribution in [0.4, 0.5) is 5.69 Å². The third-order valence-corrected chi connectivity index (χ3v) is 6.90.